The Morgan fingerprint density at radius 2 is 1.71 bits per heavy atom. The number of hydrogen-bond acceptors (Lipinski definition) is 3. The highest BCUT2D eigenvalue weighted by Gasteiger charge is 2.12. The first-order chi connectivity index (χ1) is 15.0. The molecule has 154 valence electrons. The number of nitrogens with zero attached hydrogens (tertiary/aromatic N) is 1. The summed E-state index contributed by atoms with van der Waals surface area (Å²) in [6, 6.07) is 19.6. The van der Waals surface area contributed by atoms with E-state index >= 15 is 0 Å². The lowest BCUT2D eigenvalue weighted by Crippen LogP contribution is -2.20. The second kappa shape index (κ2) is 8.85. The van der Waals surface area contributed by atoms with Gasteiger partial charge in [0.2, 0.25) is 5.91 Å². The Labute approximate surface area is 186 Å². The number of amides is 3. The van der Waals surface area contributed by atoms with Crippen LogP contribution in [-0.2, 0) is 4.79 Å². The second-order valence-electron chi connectivity index (χ2n) is 6.71. The summed E-state index contributed by atoms with van der Waals surface area (Å²) in [7, 11) is 0. The van der Waals surface area contributed by atoms with E-state index in [4.69, 9.17) is 5.73 Å². The van der Waals surface area contributed by atoms with E-state index < -0.39 is 11.9 Å². The molecule has 0 unspecified atom stereocenters. The van der Waals surface area contributed by atoms with Crippen LogP contribution < -0.4 is 16.4 Å². The quantitative estimate of drug-likeness (QED) is 0.304. The number of primary amides is 1. The van der Waals surface area contributed by atoms with Crippen LogP contribution in [0.3, 0.4) is 0 Å². The number of urea groups is 1. The van der Waals surface area contributed by atoms with Gasteiger partial charge in [-0.05, 0) is 48.0 Å². The van der Waals surface area contributed by atoms with E-state index in [1.807, 2.05) is 48.5 Å². The molecule has 4 rings (SSSR count). The van der Waals surface area contributed by atoms with E-state index in [1.165, 1.54) is 0 Å². The number of anilines is 2. The predicted octanol–water partition coefficient (Wildman–Crippen LogP) is 5.00. The van der Waals surface area contributed by atoms with E-state index in [0.29, 0.717) is 22.7 Å². The van der Waals surface area contributed by atoms with E-state index in [1.54, 1.807) is 30.5 Å². The number of hydrogen-bond donors (Lipinski definition) is 4. The molecule has 0 radical (unpaired) electrons. The number of pyridine rings is 1. The molecule has 0 aliphatic carbocycles. The number of aromatic nitrogens is 2. The smallest absolute Gasteiger partial charge is 0.324 e. The minimum atomic E-state index is -0.517. The number of fused-ring (bicyclic) bond motifs is 1. The SMILES string of the molecule is NC(=O)C(=Cc1c[nH]c2nc(NC(=O)Nc3ccc(Br)cc3)ccc12)c1ccccc1. The zero-order valence-electron chi connectivity index (χ0n) is 16.2. The first-order valence-electron chi connectivity index (χ1n) is 9.38. The summed E-state index contributed by atoms with van der Waals surface area (Å²) in [5.41, 5.74) is 8.73. The summed E-state index contributed by atoms with van der Waals surface area (Å²) in [5.74, 6) is -0.130. The molecule has 4 aromatic rings. The average molecular weight is 476 g/mol. The van der Waals surface area contributed by atoms with E-state index in [0.717, 1.165) is 21.0 Å². The van der Waals surface area contributed by atoms with Crippen molar-refractivity contribution in [3.05, 3.63) is 88.5 Å². The van der Waals surface area contributed by atoms with E-state index in [2.05, 4.69) is 36.5 Å². The molecule has 2 aromatic heterocycles. The number of benzene rings is 2. The molecule has 0 saturated heterocycles. The molecule has 0 fully saturated rings. The molecule has 0 bridgehead atoms. The van der Waals surface area contributed by atoms with Crippen LogP contribution in [0.5, 0.6) is 0 Å². The lowest BCUT2D eigenvalue weighted by Gasteiger charge is -2.07. The number of halogens is 1. The molecular weight excluding hydrogens is 458 g/mol. The van der Waals surface area contributed by atoms with Gasteiger partial charge in [0.15, 0.2) is 0 Å². The Bertz CT molecular complexity index is 1280. The normalized spacial score (nSPS) is 11.3. The van der Waals surface area contributed by atoms with Crippen LogP contribution in [0, 0.1) is 0 Å². The van der Waals surface area contributed by atoms with Crippen molar-refractivity contribution in [2.75, 3.05) is 10.6 Å². The average Bonchev–Trinajstić information content (AvgIpc) is 3.16. The van der Waals surface area contributed by atoms with Crippen molar-refractivity contribution in [2.24, 2.45) is 5.73 Å². The molecule has 0 spiro atoms. The Hall–Kier alpha value is -3.91. The molecule has 7 nitrogen and oxygen atoms in total. The van der Waals surface area contributed by atoms with E-state index in [9.17, 15) is 9.59 Å². The Morgan fingerprint density at radius 1 is 0.968 bits per heavy atom. The minimum Gasteiger partial charge on any atom is -0.366 e. The van der Waals surface area contributed by atoms with Crippen LogP contribution in [0.4, 0.5) is 16.3 Å². The molecule has 2 heterocycles. The number of carbonyl (C=O) groups is 2. The molecule has 2 aromatic carbocycles. The summed E-state index contributed by atoms with van der Waals surface area (Å²) in [5, 5.41) is 6.25. The predicted molar refractivity (Wildman–Crippen MR) is 126 cm³/mol. The van der Waals surface area contributed by atoms with Crippen molar-refractivity contribution in [3.8, 4) is 0 Å². The summed E-state index contributed by atoms with van der Waals surface area (Å²) >= 11 is 3.35. The molecular formula is C23H18BrN5O2. The fourth-order valence-corrected chi connectivity index (χ4v) is 3.36. The topological polar surface area (TPSA) is 113 Å². The molecule has 0 saturated carbocycles. The Morgan fingerprint density at radius 3 is 2.42 bits per heavy atom. The monoisotopic (exact) mass is 475 g/mol. The number of carbonyl (C=O) groups excluding carboxylic acids is 2. The number of nitrogens with one attached hydrogen (secondary N) is 3. The molecule has 0 atom stereocenters. The first kappa shape index (κ1) is 20.4. The van der Waals surface area contributed by atoms with Gasteiger partial charge in [0.1, 0.15) is 11.5 Å². The van der Waals surface area contributed by atoms with Crippen molar-refractivity contribution in [1.29, 1.82) is 0 Å². The minimum absolute atomic E-state index is 0.387. The van der Waals surface area contributed by atoms with E-state index in [-0.39, 0.29) is 0 Å². The van der Waals surface area contributed by atoms with Gasteiger partial charge in [0.05, 0.1) is 0 Å². The molecule has 5 N–H and O–H groups in total. The van der Waals surface area contributed by atoms with Gasteiger partial charge in [0.25, 0.3) is 0 Å². The summed E-state index contributed by atoms with van der Waals surface area (Å²) < 4.78 is 0.925. The third-order valence-corrected chi connectivity index (χ3v) is 5.09. The highest BCUT2D eigenvalue weighted by molar-refractivity contribution is 9.10. The van der Waals surface area contributed by atoms with Crippen LogP contribution in [0.2, 0.25) is 0 Å². The third kappa shape index (κ3) is 4.81. The standard InChI is InChI=1S/C23H18BrN5O2/c24-16-6-8-17(9-7-16)27-23(31)29-20-11-10-18-15(13-26-22(18)28-20)12-19(21(25)30)14-4-2-1-3-5-14/h1-13H,(H2,25,30)(H3,26,27,28,29,31). The van der Waals surface area contributed by atoms with Gasteiger partial charge in [-0.1, -0.05) is 46.3 Å². The maximum Gasteiger partial charge on any atom is 0.324 e. The Balaban J connectivity index is 1.56. The van der Waals surface area contributed by atoms with Gasteiger partial charge in [-0.25, -0.2) is 9.78 Å². The highest BCUT2D eigenvalue weighted by atomic mass is 79.9. The van der Waals surface area contributed by atoms with Crippen LogP contribution >= 0.6 is 15.9 Å². The van der Waals surface area contributed by atoms with Crippen LogP contribution in [0.1, 0.15) is 11.1 Å². The lowest BCUT2D eigenvalue weighted by molar-refractivity contribution is -0.112. The largest absolute Gasteiger partial charge is 0.366 e. The molecule has 31 heavy (non-hydrogen) atoms. The first-order valence-corrected chi connectivity index (χ1v) is 10.2. The van der Waals surface area contributed by atoms with Crippen molar-refractivity contribution in [3.63, 3.8) is 0 Å². The maximum absolute atomic E-state index is 12.2. The van der Waals surface area contributed by atoms with Crippen molar-refractivity contribution in [2.45, 2.75) is 0 Å². The molecule has 8 heteroatoms. The van der Waals surface area contributed by atoms with Gasteiger partial charge >= 0.3 is 6.03 Å². The lowest BCUT2D eigenvalue weighted by atomic mass is 10.0. The summed E-state index contributed by atoms with van der Waals surface area (Å²) in [4.78, 5) is 31.7. The number of rotatable bonds is 5. The number of nitrogens with two attached hydrogens (primary N) is 1. The van der Waals surface area contributed by atoms with Crippen LogP contribution in [0.15, 0.2) is 77.4 Å². The molecule has 0 aliphatic heterocycles. The molecule has 0 aliphatic rings. The van der Waals surface area contributed by atoms with Crippen molar-refractivity contribution in [1.82, 2.24) is 9.97 Å². The maximum atomic E-state index is 12.2. The summed E-state index contributed by atoms with van der Waals surface area (Å²) in [6.07, 6.45) is 3.47. The van der Waals surface area contributed by atoms with Gasteiger partial charge in [-0.15, -0.1) is 0 Å². The van der Waals surface area contributed by atoms with Crippen LogP contribution in [0.25, 0.3) is 22.7 Å². The summed E-state index contributed by atoms with van der Waals surface area (Å²) in [6.45, 7) is 0. The number of H-pyrrole nitrogens is 1. The second-order valence-corrected chi connectivity index (χ2v) is 7.63. The highest BCUT2D eigenvalue weighted by Crippen LogP contribution is 2.24. The van der Waals surface area contributed by atoms with Crippen molar-refractivity contribution < 1.29 is 9.59 Å². The van der Waals surface area contributed by atoms with Gasteiger partial charge in [-0.2, -0.15) is 0 Å². The van der Waals surface area contributed by atoms with Gasteiger partial charge in [-0.3, -0.25) is 10.1 Å². The third-order valence-electron chi connectivity index (χ3n) is 4.56. The van der Waals surface area contributed by atoms with Crippen LogP contribution in [-0.4, -0.2) is 21.9 Å². The molecule has 3 amide bonds. The van der Waals surface area contributed by atoms with Crippen molar-refractivity contribution >= 4 is 62.1 Å². The van der Waals surface area contributed by atoms with Gasteiger partial charge < -0.3 is 16.0 Å². The fourth-order valence-electron chi connectivity index (χ4n) is 3.10. The zero-order valence-corrected chi connectivity index (χ0v) is 17.8. The van der Waals surface area contributed by atoms with Gasteiger partial charge in [0, 0.05) is 32.9 Å². The number of aromatic amines is 1. The Kier molecular flexibility index (Phi) is 5.81. The zero-order chi connectivity index (χ0) is 21.8. The fraction of sp³-hybridized carbons (Fsp3) is 0.